The third kappa shape index (κ3) is 5.98. The van der Waals surface area contributed by atoms with Crippen molar-refractivity contribution < 1.29 is 31.5 Å². The first-order valence-electron chi connectivity index (χ1n) is 12.7. The number of carbonyl (C=O) groups is 2. The summed E-state index contributed by atoms with van der Waals surface area (Å²) in [6, 6.07) is 13.3. The Labute approximate surface area is 239 Å². The van der Waals surface area contributed by atoms with Crippen LogP contribution in [0.1, 0.15) is 28.2 Å². The molecule has 0 unspecified atom stereocenters. The van der Waals surface area contributed by atoms with Crippen molar-refractivity contribution in [1.82, 2.24) is 19.4 Å². The first-order valence-corrected chi connectivity index (χ1v) is 12.7. The third-order valence-corrected chi connectivity index (χ3v) is 7.13. The second-order valence-corrected chi connectivity index (χ2v) is 9.76. The Kier molecular flexibility index (Phi) is 8.55. The molecule has 1 fully saturated rings. The van der Waals surface area contributed by atoms with Gasteiger partial charge in [0, 0.05) is 62.0 Å². The van der Waals surface area contributed by atoms with Crippen LogP contribution in [0, 0.1) is 0 Å². The largest absolute Gasteiger partial charge is 0.434 e. The van der Waals surface area contributed by atoms with Crippen molar-refractivity contribution in [2.75, 3.05) is 44.7 Å². The van der Waals surface area contributed by atoms with Crippen molar-refractivity contribution in [2.45, 2.75) is 18.5 Å². The van der Waals surface area contributed by atoms with Crippen LogP contribution in [0.2, 0.25) is 0 Å². The van der Waals surface area contributed by atoms with Gasteiger partial charge in [-0.15, -0.1) is 12.4 Å². The molecule has 0 saturated carbocycles. The number of nitrogens with zero attached hydrogens (tertiary/aromatic N) is 5. The lowest BCUT2D eigenvalue weighted by molar-refractivity contribution is -0.142. The average Bonchev–Trinajstić information content (AvgIpc) is 3.35. The van der Waals surface area contributed by atoms with Gasteiger partial charge < -0.3 is 14.7 Å². The van der Waals surface area contributed by atoms with Crippen molar-refractivity contribution in [3.05, 3.63) is 84.0 Å². The lowest BCUT2D eigenvalue weighted by Crippen LogP contribution is -2.46. The molecule has 2 aliphatic heterocycles. The number of anilines is 1. The zero-order valence-electron chi connectivity index (χ0n) is 21.9. The molecular formula is C28H27ClF5N5O2. The minimum absolute atomic E-state index is 0. The van der Waals surface area contributed by atoms with Crippen LogP contribution in [0.15, 0.2) is 67.0 Å². The van der Waals surface area contributed by atoms with Crippen molar-refractivity contribution in [3.63, 3.8) is 0 Å². The molecule has 0 aliphatic carbocycles. The van der Waals surface area contributed by atoms with E-state index >= 15 is 8.78 Å². The number of carbonyl (C=O) groups excluding carboxylic acids is 2. The first kappa shape index (κ1) is 30.2. The molecule has 1 aromatic heterocycles. The molecule has 1 saturated heterocycles. The van der Waals surface area contributed by atoms with Gasteiger partial charge in [0.25, 0.3) is 11.8 Å². The molecule has 2 aliphatic rings. The molecule has 0 atom stereocenters. The predicted molar refractivity (Wildman–Crippen MR) is 146 cm³/mol. The van der Waals surface area contributed by atoms with Crippen LogP contribution in [0.5, 0.6) is 0 Å². The summed E-state index contributed by atoms with van der Waals surface area (Å²) >= 11 is 0. The normalized spacial score (nSPS) is 18.4. The lowest BCUT2D eigenvalue weighted by Gasteiger charge is -2.32. The van der Waals surface area contributed by atoms with Gasteiger partial charge in [0.15, 0.2) is 11.4 Å². The van der Waals surface area contributed by atoms with Crippen LogP contribution in [-0.2, 0) is 11.0 Å². The molecule has 13 heteroatoms. The number of allylic oxidation sites excluding steroid dienone is 1. The summed E-state index contributed by atoms with van der Waals surface area (Å²) < 4.78 is 74.6. The van der Waals surface area contributed by atoms with Gasteiger partial charge in [-0.3, -0.25) is 14.2 Å². The van der Waals surface area contributed by atoms with Gasteiger partial charge in [-0.1, -0.05) is 36.4 Å². The van der Waals surface area contributed by atoms with Gasteiger partial charge in [-0.25, -0.2) is 13.8 Å². The van der Waals surface area contributed by atoms with E-state index in [1.54, 1.807) is 18.2 Å². The molecule has 5 rings (SSSR count). The van der Waals surface area contributed by atoms with Crippen LogP contribution < -0.4 is 4.90 Å². The highest BCUT2D eigenvalue weighted by atomic mass is 35.5. The number of alkyl halides is 5. The highest BCUT2D eigenvalue weighted by Crippen LogP contribution is 2.44. The van der Waals surface area contributed by atoms with E-state index in [9.17, 15) is 22.8 Å². The van der Waals surface area contributed by atoms with Gasteiger partial charge >= 0.3 is 6.18 Å². The number of piperazine rings is 1. The van der Waals surface area contributed by atoms with E-state index in [1.165, 1.54) is 41.3 Å². The summed E-state index contributed by atoms with van der Waals surface area (Å²) in [4.78, 5) is 34.8. The van der Waals surface area contributed by atoms with Gasteiger partial charge in [-0.05, 0) is 25.2 Å². The smallest absolute Gasteiger partial charge is 0.337 e. The lowest BCUT2D eigenvalue weighted by atomic mass is 9.96. The standard InChI is InChI=1S/C28H26F5N5O2.ClH/c1-35-13-15-36(16-14-35)23(39)17-21-20-9-5-6-10-22(20)37(12-11-27(21,29)30)26(40)24-25(28(31,32)33)38(18-34-24)19-7-3-2-4-8-19;/h2-10,17-18H,11-16H2,1H3;1H. The van der Waals surface area contributed by atoms with E-state index in [0.29, 0.717) is 26.2 Å². The number of rotatable bonds is 3. The number of likely N-dealkylation sites (N-methyl/N-ethyl adjacent to an activating group) is 1. The molecule has 7 nitrogen and oxygen atoms in total. The predicted octanol–water partition coefficient (Wildman–Crippen LogP) is 5.16. The highest BCUT2D eigenvalue weighted by Gasteiger charge is 2.45. The minimum Gasteiger partial charge on any atom is -0.337 e. The van der Waals surface area contributed by atoms with Crippen LogP contribution in [0.4, 0.5) is 27.6 Å². The van der Waals surface area contributed by atoms with E-state index in [1.807, 2.05) is 11.9 Å². The SMILES string of the molecule is CN1CCN(C(=O)C=C2c3ccccc3N(C(=O)c3ncn(-c4ccccc4)c3C(F)(F)F)CCC2(F)F)CC1.Cl. The number of aromatic nitrogens is 2. The quantitative estimate of drug-likeness (QED) is 0.310. The Balaban J connectivity index is 0.00000387. The maximum Gasteiger partial charge on any atom is 0.434 e. The molecule has 218 valence electrons. The van der Waals surface area contributed by atoms with Crippen LogP contribution in [0.25, 0.3) is 11.3 Å². The molecular weight excluding hydrogens is 569 g/mol. The highest BCUT2D eigenvalue weighted by molar-refractivity contribution is 6.08. The number of hydrogen-bond acceptors (Lipinski definition) is 4. The maximum absolute atomic E-state index is 15.5. The molecule has 3 aromatic rings. The molecule has 2 aromatic carbocycles. The summed E-state index contributed by atoms with van der Waals surface area (Å²) in [5, 5.41) is 0. The zero-order chi connectivity index (χ0) is 28.7. The number of imidazole rings is 1. The topological polar surface area (TPSA) is 61.7 Å². The van der Waals surface area contributed by atoms with Crippen molar-refractivity contribution in [3.8, 4) is 5.69 Å². The number of benzene rings is 2. The number of fused-ring (bicyclic) bond motifs is 1. The second kappa shape index (κ2) is 11.6. The van der Waals surface area contributed by atoms with E-state index in [2.05, 4.69) is 4.98 Å². The molecule has 0 radical (unpaired) electrons. The Hall–Kier alpha value is -3.77. The second-order valence-electron chi connectivity index (χ2n) is 9.76. The van der Waals surface area contributed by atoms with Crippen molar-refractivity contribution in [2.24, 2.45) is 0 Å². The van der Waals surface area contributed by atoms with Gasteiger partial charge in [-0.2, -0.15) is 13.2 Å². The Morgan fingerprint density at radius 3 is 2.22 bits per heavy atom. The third-order valence-electron chi connectivity index (χ3n) is 7.13. The van der Waals surface area contributed by atoms with Gasteiger partial charge in [0.1, 0.15) is 6.33 Å². The maximum atomic E-state index is 15.5. The molecule has 0 N–H and O–H groups in total. The average molecular weight is 596 g/mol. The Bertz CT molecular complexity index is 1450. The Morgan fingerprint density at radius 2 is 1.56 bits per heavy atom. The fourth-order valence-electron chi connectivity index (χ4n) is 4.96. The van der Waals surface area contributed by atoms with Crippen LogP contribution in [-0.4, -0.2) is 76.9 Å². The van der Waals surface area contributed by atoms with Crippen LogP contribution in [0.3, 0.4) is 0 Å². The molecule has 0 bridgehead atoms. The number of para-hydroxylation sites is 2. The fraction of sp³-hybridized carbons (Fsp3) is 0.321. The first-order chi connectivity index (χ1) is 19.0. The number of halogens is 6. The summed E-state index contributed by atoms with van der Waals surface area (Å²) in [5.41, 5.74) is -2.78. The Morgan fingerprint density at radius 1 is 0.927 bits per heavy atom. The molecule has 3 heterocycles. The molecule has 2 amide bonds. The molecule has 0 spiro atoms. The van der Waals surface area contributed by atoms with E-state index in [0.717, 1.165) is 21.9 Å². The van der Waals surface area contributed by atoms with Crippen LogP contribution >= 0.6 is 12.4 Å². The van der Waals surface area contributed by atoms with E-state index < -0.39 is 53.8 Å². The zero-order valence-corrected chi connectivity index (χ0v) is 22.8. The summed E-state index contributed by atoms with van der Waals surface area (Å²) in [7, 11) is 1.90. The summed E-state index contributed by atoms with van der Waals surface area (Å²) in [6.07, 6.45) is -4.07. The van der Waals surface area contributed by atoms with E-state index in [4.69, 9.17) is 0 Å². The van der Waals surface area contributed by atoms with Crippen molar-refractivity contribution in [1.29, 1.82) is 0 Å². The van der Waals surface area contributed by atoms with Crippen molar-refractivity contribution >= 4 is 35.5 Å². The van der Waals surface area contributed by atoms with Gasteiger partial charge in [0.05, 0.1) is 5.69 Å². The summed E-state index contributed by atoms with van der Waals surface area (Å²) in [6.45, 7) is 1.36. The number of hydrogen-bond donors (Lipinski definition) is 0. The van der Waals surface area contributed by atoms with Gasteiger partial charge in [0.2, 0.25) is 5.91 Å². The minimum atomic E-state index is -4.97. The molecule has 41 heavy (non-hydrogen) atoms. The fourth-order valence-corrected chi connectivity index (χ4v) is 4.96. The monoisotopic (exact) mass is 595 g/mol. The van der Waals surface area contributed by atoms with E-state index in [-0.39, 0.29) is 29.3 Å². The summed E-state index contributed by atoms with van der Waals surface area (Å²) in [5.74, 6) is -5.28. The number of amides is 2.